The molecule has 0 bridgehead atoms. The van der Waals surface area contributed by atoms with Crippen LogP contribution < -0.4 is 5.32 Å². The van der Waals surface area contributed by atoms with E-state index >= 15 is 0 Å². The zero-order valence-electron chi connectivity index (χ0n) is 15.1. The fourth-order valence-electron chi connectivity index (χ4n) is 2.66. The molecule has 2 heterocycles. The lowest BCUT2D eigenvalue weighted by Crippen LogP contribution is -2.32. The number of hydrogen-bond acceptors (Lipinski definition) is 5. The summed E-state index contributed by atoms with van der Waals surface area (Å²) < 4.78 is 7.15. The van der Waals surface area contributed by atoms with Gasteiger partial charge in [0, 0.05) is 17.6 Å². The van der Waals surface area contributed by atoms with E-state index in [-0.39, 0.29) is 13.2 Å². The van der Waals surface area contributed by atoms with Crippen LogP contribution in [0, 0.1) is 0 Å². The molecule has 3 rings (SSSR count). The molecule has 0 spiro atoms. The number of benzene rings is 1. The highest BCUT2D eigenvalue weighted by molar-refractivity contribution is 5.85. The normalized spacial score (nSPS) is 11.5. The van der Waals surface area contributed by atoms with Crippen LogP contribution in [-0.2, 0) is 17.9 Å². The number of nitrogens with zero attached hydrogens (tertiary/aromatic N) is 3. The van der Waals surface area contributed by atoms with Gasteiger partial charge in [0.15, 0.2) is 0 Å². The second-order valence-electron chi connectivity index (χ2n) is 6.92. The number of aromatic nitrogens is 3. The first-order valence-corrected chi connectivity index (χ1v) is 8.35. The molecule has 1 aromatic carbocycles. The van der Waals surface area contributed by atoms with E-state index in [1.165, 1.54) is 6.33 Å². The molecule has 0 atom stereocenters. The Bertz CT molecular complexity index is 928. The summed E-state index contributed by atoms with van der Waals surface area (Å²) in [5.41, 5.74) is 1.93. The molecule has 2 aromatic heterocycles. The second-order valence-corrected chi connectivity index (χ2v) is 6.92. The molecule has 2 N–H and O–H groups in total. The van der Waals surface area contributed by atoms with E-state index in [9.17, 15) is 9.90 Å². The van der Waals surface area contributed by atoms with Crippen molar-refractivity contribution in [2.45, 2.75) is 39.5 Å². The van der Waals surface area contributed by atoms with E-state index in [0.29, 0.717) is 11.5 Å². The molecule has 0 fully saturated rings. The Balaban J connectivity index is 1.81. The molecule has 1 amide bonds. The molecule has 3 aromatic rings. The van der Waals surface area contributed by atoms with Gasteiger partial charge in [-0.25, -0.2) is 14.8 Å². The summed E-state index contributed by atoms with van der Waals surface area (Å²) >= 11 is 0. The van der Waals surface area contributed by atoms with Gasteiger partial charge in [-0.3, -0.25) is 0 Å². The molecule has 0 radical (unpaired) electrons. The van der Waals surface area contributed by atoms with Crippen LogP contribution >= 0.6 is 0 Å². The number of carbonyl (C=O) groups excluding carboxylic acids is 1. The Hall–Kier alpha value is -2.93. The minimum Gasteiger partial charge on any atom is -0.444 e. The predicted molar refractivity (Wildman–Crippen MR) is 97.9 cm³/mol. The van der Waals surface area contributed by atoms with Gasteiger partial charge in [-0.2, -0.15) is 0 Å². The highest BCUT2D eigenvalue weighted by Gasteiger charge is 2.16. The van der Waals surface area contributed by atoms with Crippen LogP contribution in [0.1, 0.15) is 32.0 Å². The van der Waals surface area contributed by atoms with Crippen molar-refractivity contribution in [3.63, 3.8) is 0 Å². The predicted octanol–water partition coefficient (Wildman–Crippen LogP) is 2.94. The topological polar surface area (TPSA) is 89.3 Å². The summed E-state index contributed by atoms with van der Waals surface area (Å²) in [7, 11) is 0. The summed E-state index contributed by atoms with van der Waals surface area (Å²) in [6, 6.07) is 9.51. The van der Waals surface area contributed by atoms with Gasteiger partial charge in [-0.05, 0) is 38.5 Å². The molecule has 7 nitrogen and oxygen atoms in total. The van der Waals surface area contributed by atoms with E-state index in [4.69, 9.17) is 4.74 Å². The van der Waals surface area contributed by atoms with Crippen molar-refractivity contribution in [3.8, 4) is 5.82 Å². The standard InChI is InChI=1S/C19H22N4O3/c1-19(2,3)26-18(25)20-10-14-9-17(22-12-21-14)23-8-7-15-13(11-24)5-4-6-16(15)23/h4-9,12,24H,10-11H2,1-3H3,(H,20,25). The van der Waals surface area contributed by atoms with Crippen LogP contribution in [0.2, 0.25) is 0 Å². The van der Waals surface area contributed by atoms with Crippen molar-refractivity contribution < 1.29 is 14.6 Å². The fraction of sp³-hybridized carbons (Fsp3) is 0.316. The average molecular weight is 354 g/mol. The highest BCUT2D eigenvalue weighted by atomic mass is 16.6. The quantitative estimate of drug-likeness (QED) is 0.752. The molecular weight excluding hydrogens is 332 g/mol. The zero-order chi connectivity index (χ0) is 18.7. The molecule has 26 heavy (non-hydrogen) atoms. The minimum absolute atomic E-state index is 0.0177. The third-order valence-electron chi connectivity index (χ3n) is 3.76. The van der Waals surface area contributed by atoms with Crippen molar-refractivity contribution in [1.29, 1.82) is 0 Å². The molecule has 0 saturated heterocycles. The van der Waals surface area contributed by atoms with Gasteiger partial charge in [0.25, 0.3) is 0 Å². The van der Waals surface area contributed by atoms with Crippen molar-refractivity contribution in [3.05, 3.63) is 54.1 Å². The zero-order valence-corrected chi connectivity index (χ0v) is 15.1. The number of carbonyl (C=O) groups is 1. The molecule has 0 aliphatic heterocycles. The molecular formula is C19H22N4O3. The Morgan fingerprint density at radius 2 is 2.08 bits per heavy atom. The molecule has 0 unspecified atom stereocenters. The summed E-state index contributed by atoms with van der Waals surface area (Å²) in [5.74, 6) is 0.686. The van der Waals surface area contributed by atoms with Crippen molar-refractivity contribution >= 4 is 17.0 Å². The third kappa shape index (κ3) is 4.00. The van der Waals surface area contributed by atoms with Gasteiger partial charge in [-0.1, -0.05) is 12.1 Å². The first-order chi connectivity index (χ1) is 12.4. The lowest BCUT2D eigenvalue weighted by molar-refractivity contribution is 0.0523. The van der Waals surface area contributed by atoms with Gasteiger partial charge >= 0.3 is 6.09 Å². The van der Waals surface area contributed by atoms with E-state index in [1.54, 1.807) is 0 Å². The first-order valence-electron chi connectivity index (χ1n) is 8.35. The lowest BCUT2D eigenvalue weighted by Gasteiger charge is -2.19. The Labute approximate surface area is 151 Å². The van der Waals surface area contributed by atoms with Crippen LogP contribution in [-0.4, -0.2) is 31.3 Å². The Kier molecular flexibility index (Phi) is 4.90. The van der Waals surface area contributed by atoms with Gasteiger partial charge in [-0.15, -0.1) is 0 Å². The largest absolute Gasteiger partial charge is 0.444 e. The van der Waals surface area contributed by atoms with Crippen molar-refractivity contribution in [2.24, 2.45) is 0 Å². The smallest absolute Gasteiger partial charge is 0.407 e. The number of aliphatic hydroxyl groups is 1. The maximum atomic E-state index is 11.8. The maximum Gasteiger partial charge on any atom is 0.407 e. The summed E-state index contributed by atoms with van der Waals surface area (Å²) in [5, 5.41) is 13.1. The highest BCUT2D eigenvalue weighted by Crippen LogP contribution is 2.23. The molecule has 0 aliphatic rings. The summed E-state index contributed by atoms with van der Waals surface area (Å²) in [4.78, 5) is 20.3. The van der Waals surface area contributed by atoms with E-state index in [0.717, 1.165) is 16.5 Å². The van der Waals surface area contributed by atoms with Crippen molar-refractivity contribution in [2.75, 3.05) is 0 Å². The lowest BCUT2D eigenvalue weighted by atomic mass is 10.1. The summed E-state index contributed by atoms with van der Waals surface area (Å²) in [6.45, 7) is 5.66. The number of aliphatic hydroxyl groups excluding tert-OH is 1. The maximum absolute atomic E-state index is 11.8. The number of hydrogen-bond donors (Lipinski definition) is 2. The van der Waals surface area contributed by atoms with Gasteiger partial charge in [0.2, 0.25) is 0 Å². The van der Waals surface area contributed by atoms with Crippen LogP contribution in [0.5, 0.6) is 0 Å². The number of amides is 1. The molecule has 136 valence electrons. The van der Waals surface area contributed by atoms with E-state index in [2.05, 4.69) is 15.3 Å². The van der Waals surface area contributed by atoms with Crippen LogP contribution in [0.4, 0.5) is 4.79 Å². The van der Waals surface area contributed by atoms with Gasteiger partial charge in [0.1, 0.15) is 17.7 Å². The average Bonchev–Trinajstić information content (AvgIpc) is 3.03. The van der Waals surface area contributed by atoms with Crippen LogP contribution in [0.3, 0.4) is 0 Å². The number of ether oxygens (including phenoxy) is 1. The van der Waals surface area contributed by atoms with Gasteiger partial charge < -0.3 is 19.7 Å². The monoisotopic (exact) mass is 354 g/mol. The molecule has 0 saturated carbocycles. The minimum atomic E-state index is -0.546. The number of fused-ring (bicyclic) bond motifs is 1. The van der Waals surface area contributed by atoms with Crippen LogP contribution in [0.15, 0.2) is 42.9 Å². The first kappa shape index (κ1) is 17.9. The van der Waals surface area contributed by atoms with Crippen LogP contribution in [0.25, 0.3) is 16.7 Å². The molecule has 0 aliphatic carbocycles. The SMILES string of the molecule is CC(C)(C)OC(=O)NCc1cc(-n2ccc3c(CO)cccc32)ncn1. The molecule has 7 heteroatoms. The Morgan fingerprint density at radius 3 is 2.81 bits per heavy atom. The summed E-state index contributed by atoms with van der Waals surface area (Å²) in [6.07, 6.45) is 2.87. The number of alkyl carbamates (subject to hydrolysis) is 1. The number of nitrogens with one attached hydrogen (secondary N) is 1. The van der Waals surface area contributed by atoms with Gasteiger partial charge in [0.05, 0.1) is 24.4 Å². The van der Waals surface area contributed by atoms with E-state index < -0.39 is 11.7 Å². The number of rotatable bonds is 4. The van der Waals surface area contributed by atoms with E-state index in [1.807, 2.05) is 61.9 Å². The fourth-order valence-corrected chi connectivity index (χ4v) is 2.66. The van der Waals surface area contributed by atoms with Crippen molar-refractivity contribution in [1.82, 2.24) is 19.9 Å². The second kappa shape index (κ2) is 7.13. The third-order valence-corrected chi connectivity index (χ3v) is 3.76. The Morgan fingerprint density at radius 1 is 1.27 bits per heavy atom.